The van der Waals surface area contributed by atoms with Crippen LogP contribution in [0.3, 0.4) is 0 Å². The topological polar surface area (TPSA) is 6.48 Å². The van der Waals surface area contributed by atoms with Crippen molar-refractivity contribution in [3.05, 3.63) is 299 Å². The average Bonchev–Trinajstić information content (AvgIpc) is 3.60. The number of fused-ring (bicyclic) bond motifs is 10. The average molecular weight is 865 g/mol. The summed E-state index contributed by atoms with van der Waals surface area (Å²) >= 11 is 0. The number of hydrogen-bond acceptors (Lipinski definition) is 2. The van der Waals surface area contributed by atoms with Crippen LogP contribution in [0.2, 0.25) is 0 Å². The number of anilines is 6. The zero-order chi connectivity index (χ0) is 53.3. The van der Waals surface area contributed by atoms with Gasteiger partial charge in [-0.15, -0.1) is 0 Å². The summed E-state index contributed by atoms with van der Waals surface area (Å²) in [6, 6.07) is 61.3. The largest absolute Gasteiger partial charge is 0.311 e. The van der Waals surface area contributed by atoms with E-state index in [1.807, 2.05) is 109 Å². The molecule has 1 spiro atoms. The molecule has 0 bridgehead atoms. The van der Waals surface area contributed by atoms with Crippen LogP contribution in [0.15, 0.2) is 255 Å². The maximum atomic E-state index is 8.80. The number of benzene rings is 10. The smallest absolute Gasteiger partial charge is 0.0725 e. The first-order chi connectivity index (χ1) is 37.4. The molecule has 316 valence electrons. The summed E-state index contributed by atoms with van der Waals surface area (Å²) in [5.74, 6) is 0. The molecule has 67 heavy (non-hydrogen) atoms. The normalized spacial score (nSPS) is 14.9. The first-order valence-electron chi connectivity index (χ1n) is 27.3. The van der Waals surface area contributed by atoms with Gasteiger partial charge in [0.2, 0.25) is 0 Å². The van der Waals surface area contributed by atoms with Gasteiger partial charge in [-0.05, 0) is 152 Å². The second-order valence-corrected chi connectivity index (χ2v) is 16.6. The van der Waals surface area contributed by atoms with Crippen LogP contribution in [0, 0.1) is 0 Å². The minimum Gasteiger partial charge on any atom is -0.311 e. The Morgan fingerprint density at radius 3 is 1.03 bits per heavy atom. The predicted octanol–water partition coefficient (Wildman–Crippen LogP) is 17.3. The van der Waals surface area contributed by atoms with Gasteiger partial charge in [-0.2, -0.15) is 0 Å². The summed E-state index contributed by atoms with van der Waals surface area (Å²) in [7, 11) is 0. The molecule has 0 radical (unpaired) electrons. The molecule has 12 rings (SSSR count). The summed E-state index contributed by atoms with van der Waals surface area (Å²) in [4.78, 5) is 3.42. The van der Waals surface area contributed by atoms with E-state index >= 15 is 0 Å². The standard InChI is InChI=1S/C65H46N2/c1-5-17-51(18-6-1)66(52-19-7-2-8-20-52)55-39-33-47(34-40-55)29-31-49-37-43-59-57-25-13-15-27-61(57)65(63(59)45-49)62-28-16-14-26-58(62)60-44-38-50(46-64(60)65)32-30-48-35-41-56(42-36-48)67(53-21-9-3-10-22-53)54-23-11-4-12-24-54/h1-46H/b31-29+,32-30+/i1D,3D,5D,6D,9D,10D,17D,18D,21D,22D. The van der Waals surface area contributed by atoms with E-state index in [1.165, 1.54) is 44.5 Å². The van der Waals surface area contributed by atoms with E-state index in [9.17, 15) is 0 Å². The van der Waals surface area contributed by atoms with Crippen LogP contribution in [0.25, 0.3) is 46.6 Å². The van der Waals surface area contributed by atoms with Gasteiger partial charge in [0, 0.05) is 34.1 Å². The molecule has 0 atom stereocenters. The van der Waals surface area contributed by atoms with Crippen molar-refractivity contribution in [1.82, 2.24) is 0 Å². The Morgan fingerprint density at radius 2 is 0.612 bits per heavy atom. The lowest BCUT2D eigenvalue weighted by molar-refractivity contribution is 0.793. The zero-order valence-corrected chi connectivity index (χ0v) is 36.2. The third-order valence-electron chi connectivity index (χ3n) is 12.8. The maximum Gasteiger partial charge on any atom is 0.0725 e. The molecular weight excluding hydrogens is 809 g/mol. The van der Waals surface area contributed by atoms with Crippen molar-refractivity contribution in [2.45, 2.75) is 5.41 Å². The van der Waals surface area contributed by atoms with E-state index in [1.54, 1.807) is 9.80 Å². The van der Waals surface area contributed by atoms with Gasteiger partial charge in [-0.25, -0.2) is 0 Å². The van der Waals surface area contributed by atoms with Crippen molar-refractivity contribution < 1.29 is 13.7 Å². The SMILES string of the molecule is [2H]c1c([2H])c([2H])c(N(c2ccccc2)c2ccc(/C=C/c3ccc4c(c3)C3(c5ccccc5-4)c4ccccc4-c4ccc(/C=C/c5ccc(N(c6ccccc6)c6c([2H])c([2H])c([2H])c([2H])c6[2H])cc5)cc43)cc2)c([2H])c1[2H]. The van der Waals surface area contributed by atoms with E-state index in [2.05, 4.69) is 109 Å². The van der Waals surface area contributed by atoms with Gasteiger partial charge in [0.05, 0.1) is 19.1 Å². The summed E-state index contributed by atoms with van der Waals surface area (Å²) in [6.45, 7) is 0. The minimum atomic E-state index is -0.608. The van der Waals surface area contributed by atoms with E-state index < -0.39 is 41.7 Å². The van der Waals surface area contributed by atoms with Crippen LogP contribution in [0.1, 0.15) is 58.2 Å². The van der Waals surface area contributed by atoms with Crippen LogP contribution in [-0.2, 0) is 5.41 Å². The Bertz CT molecular complexity index is 3720. The van der Waals surface area contributed by atoms with Gasteiger partial charge in [0.25, 0.3) is 0 Å². The molecule has 2 aliphatic carbocycles. The molecule has 2 heteroatoms. The Labute approximate surface area is 407 Å². The van der Waals surface area contributed by atoms with Crippen molar-refractivity contribution >= 4 is 58.4 Å². The highest BCUT2D eigenvalue weighted by molar-refractivity contribution is 5.96. The zero-order valence-electron chi connectivity index (χ0n) is 46.2. The summed E-state index contributed by atoms with van der Waals surface area (Å²) in [5.41, 5.74) is 15.6. The van der Waals surface area contributed by atoms with Crippen molar-refractivity contribution in [1.29, 1.82) is 0 Å². The number of nitrogens with zero attached hydrogens (tertiary/aromatic N) is 2. The van der Waals surface area contributed by atoms with Gasteiger partial charge in [-0.1, -0.05) is 194 Å². The second kappa shape index (κ2) is 17.0. The Hall–Kier alpha value is -8.72. The maximum absolute atomic E-state index is 8.80. The molecule has 0 fully saturated rings. The quantitative estimate of drug-likeness (QED) is 0.126. The molecule has 0 N–H and O–H groups in total. The van der Waals surface area contributed by atoms with E-state index in [-0.39, 0.29) is 35.5 Å². The minimum absolute atomic E-state index is 0.0768. The molecule has 0 aliphatic heterocycles. The number of hydrogen-bond donors (Lipinski definition) is 0. The lowest BCUT2D eigenvalue weighted by Gasteiger charge is -2.30. The summed E-state index contributed by atoms with van der Waals surface area (Å²) in [5, 5.41) is 0. The molecule has 0 aromatic heterocycles. The fraction of sp³-hybridized carbons (Fsp3) is 0.0154. The Balaban J connectivity index is 0.891. The molecular formula is C65H46N2. The van der Waals surface area contributed by atoms with E-state index in [4.69, 9.17) is 13.7 Å². The van der Waals surface area contributed by atoms with Gasteiger partial charge >= 0.3 is 0 Å². The predicted molar refractivity (Wildman–Crippen MR) is 283 cm³/mol. The summed E-state index contributed by atoms with van der Waals surface area (Å²) < 4.78 is 85.2. The van der Waals surface area contributed by atoms with Gasteiger partial charge < -0.3 is 9.80 Å². The van der Waals surface area contributed by atoms with Crippen LogP contribution in [0.5, 0.6) is 0 Å². The molecule has 2 nitrogen and oxygen atoms in total. The second-order valence-electron chi connectivity index (χ2n) is 16.6. The first kappa shape index (κ1) is 30.4. The van der Waals surface area contributed by atoms with Crippen LogP contribution in [0.4, 0.5) is 34.1 Å². The highest BCUT2D eigenvalue weighted by Gasteiger charge is 2.51. The third kappa shape index (κ3) is 7.08. The number of para-hydroxylation sites is 4. The summed E-state index contributed by atoms with van der Waals surface area (Å²) in [6.07, 6.45) is 8.37. The van der Waals surface area contributed by atoms with Gasteiger partial charge in [0.15, 0.2) is 0 Å². The van der Waals surface area contributed by atoms with Crippen molar-refractivity contribution in [3.63, 3.8) is 0 Å². The highest BCUT2D eigenvalue weighted by Crippen LogP contribution is 2.63. The van der Waals surface area contributed by atoms with Crippen molar-refractivity contribution in [3.8, 4) is 22.3 Å². The fourth-order valence-corrected chi connectivity index (χ4v) is 9.91. The van der Waals surface area contributed by atoms with E-state index in [0.29, 0.717) is 22.7 Å². The Morgan fingerprint density at radius 1 is 0.284 bits per heavy atom. The Kier molecular flexibility index (Phi) is 7.72. The molecule has 0 saturated heterocycles. The molecule has 10 aromatic carbocycles. The molecule has 0 amide bonds. The van der Waals surface area contributed by atoms with Crippen LogP contribution in [-0.4, -0.2) is 0 Å². The highest BCUT2D eigenvalue weighted by atomic mass is 15.1. The first-order valence-corrected chi connectivity index (χ1v) is 22.3. The third-order valence-corrected chi connectivity index (χ3v) is 12.8. The van der Waals surface area contributed by atoms with Crippen molar-refractivity contribution in [2.75, 3.05) is 9.80 Å². The fourth-order valence-electron chi connectivity index (χ4n) is 9.91. The molecule has 0 saturated carbocycles. The lowest BCUT2D eigenvalue weighted by atomic mass is 9.70. The molecule has 2 aliphatic rings. The monoisotopic (exact) mass is 864 g/mol. The van der Waals surface area contributed by atoms with Crippen molar-refractivity contribution in [2.24, 2.45) is 0 Å². The molecule has 0 heterocycles. The van der Waals surface area contributed by atoms with E-state index in [0.717, 1.165) is 22.3 Å². The van der Waals surface area contributed by atoms with Crippen LogP contribution < -0.4 is 9.80 Å². The molecule has 10 aromatic rings. The number of rotatable bonds is 10. The van der Waals surface area contributed by atoms with Crippen LogP contribution >= 0.6 is 0 Å². The van der Waals surface area contributed by atoms with Gasteiger partial charge in [0.1, 0.15) is 0 Å². The lowest BCUT2D eigenvalue weighted by Crippen LogP contribution is -2.26. The van der Waals surface area contributed by atoms with Gasteiger partial charge in [-0.3, -0.25) is 0 Å². The molecule has 0 unspecified atom stereocenters.